The molecule has 0 aliphatic heterocycles. The van der Waals surface area contributed by atoms with Gasteiger partial charge in [-0.1, -0.05) is 0 Å². The minimum atomic E-state index is -4.39. The smallest absolute Gasteiger partial charge is 0.366 e. The van der Waals surface area contributed by atoms with Crippen LogP contribution < -0.4 is 5.73 Å². The fourth-order valence-corrected chi connectivity index (χ4v) is 3.52. The maximum Gasteiger partial charge on any atom is 0.416 e. The Bertz CT molecular complexity index is 1110. The van der Waals surface area contributed by atoms with E-state index in [0.717, 1.165) is 28.4 Å². The molecule has 0 spiro atoms. The molecule has 2 aromatic heterocycles. The Morgan fingerprint density at radius 2 is 1.80 bits per heavy atom. The lowest BCUT2D eigenvalue weighted by Crippen LogP contribution is -2.10. The molecule has 2 heterocycles. The van der Waals surface area contributed by atoms with Crippen molar-refractivity contribution in [3.63, 3.8) is 0 Å². The van der Waals surface area contributed by atoms with Crippen molar-refractivity contribution in [3.8, 4) is 5.69 Å². The summed E-state index contributed by atoms with van der Waals surface area (Å²) in [4.78, 5) is 11.4. The molecule has 4 rings (SSSR count). The van der Waals surface area contributed by atoms with Crippen molar-refractivity contribution in [2.45, 2.75) is 6.18 Å². The van der Waals surface area contributed by atoms with Gasteiger partial charge in [0.15, 0.2) is 5.65 Å². The van der Waals surface area contributed by atoms with Crippen LogP contribution >= 0.6 is 11.5 Å². The van der Waals surface area contributed by atoms with Crippen LogP contribution in [0.5, 0.6) is 0 Å². The molecular weight excluding hydrogens is 351 g/mol. The summed E-state index contributed by atoms with van der Waals surface area (Å²) in [6.07, 6.45) is -4.39. The van der Waals surface area contributed by atoms with Gasteiger partial charge >= 0.3 is 6.18 Å². The van der Waals surface area contributed by atoms with Gasteiger partial charge in [-0.05, 0) is 54.0 Å². The number of hydrogen-bond donors (Lipinski definition) is 1. The first-order valence-electron chi connectivity index (χ1n) is 7.22. The highest BCUT2D eigenvalue weighted by Gasteiger charge is 2.30. The fraction of sp³-hybridized carbons (Fsp3) is 0.0588. The molecule has 0 radical (unpaired) electrons. The second-order valence-electron chi connectivity index (χ2n) is 5.53. The highest BCUT2D eigenvalue weighted by molar-refractivity contribution is 7.05. The lowest BCUT2D eigenvalue weighted by Gasteiger charge is -2.10. The predicted molar refractivity (Wildman–Crippen MR) is 90.0 cm³/mol. The summed E-state index contributed by atoms with van der Waals surface area (Å²) in [6.45, 7) is 0. The van der Waals surface area contributed by atoms with Crippen molar-refractivity contribution in [1.82, 2.24) is 8.94 Å². The van der Waals surface area contributed by atoms with E-state index in [2.05, 4.69) is 4.37 Å². The summed E-state index contributed by atoms with van der Waals surface area (Å²) in [5.74, 6) is -0.541. The molecule has 0 saturated heterocycles. The quantitative estimate of drug-likeness (QED) is 0.577. The average molecular weight is 361 g/mol. The molecule has 0 bridgehead atoms. The monoisotopic (exact) mass is 361 g/mol. The van der Waals surface area contributed by atoms with Gasteiger partial charge in [0.05, 0.1) is 11.1 Å². The summed E-state index contributed by atoms with van der Waals surface area (Å²) in [7, 11) is 0. The Balaban J connectivity index is 1.97. The van der Waals surface area contributed by atoms with Gasteiger partial charge in [0.25, 0.3) is 0 Å². The molecule has 0 aliphatic rings. The van der Waals surface area contributed by atoms with Gasteiger partial charge in [0.1, 0.15) is 0 Å². The molecule has 4 aromatic rings. The van der Waals surface area contributed by atoms with Crippen LogP contribution in [0.3, 0.4) is 0 Å². The molecule has 8 heteroatoms. The first-order valence-corrected chi connectivity index (χ1v) is 8.06. The first-order chi connectivity index (χ1) is 11.9. The third-order valence-corrected chi connectivity index (χ3v) is 4.65. The summed E-state index contributed by atoms with van der Waals surface area (Å²) in [6, 6.07) is 9.88. The zero-order valence-electron chi connectivity index (χ0n) is 12.5. The normalized spacial score (nSPS) is 12.1. The van der Waals surface area contributed by atoms with Crippen LogP contribution in [-0.4, -0.2) is 14.8 Å². The van der Waals surface area contributed by atoms with Crippen molar-refractivity contribution in [1.29, 1.82) is 0 Å². The van der Waals surface area contributed by atoms with Gasteiger partial charge in [0, 0.05) is 27.4 Å². The van der Waals surface area contributed by atoms with E-state index >= 15 is 0 Å². The van der Waals surface area contributed by atoms with E-state index in [9.17, 15) is 18.0 Å². The molecular formula is C17H10F3N3OS. The molecule has 0 fully saturated rings. The van der Waals surface area contributed by atoms with Crippen LogP contribution in [0.1, 0.15) is 15.9 Å². The maximum absolute atomic E-state index is 12.8. The Morgan fingerprint density at radius 3 is 2.44 bits per heavy atom. The number of carbonyl (C=O) groups is 1. The molecule has 0 aliphatic carbocycles. The Labute approximate surface area is 143 Å². The van der Waals surface area contributed by atoms with E-state index in [4.69, 9.17) is 5.73 Å². The van der Waals surface area contributed by atoms with Gasteiger partial charge < -0.3 is 5.73 Å². The zero-order chi connectivity index (χ0) is 17.8. The van der Waals surface area contributed by atoms with Crippen LogP contribution in [0.4, 0.5) is 13.2 Å². The third-order valence-electron chi connectivity index (χ3n) is 4.03. The molecule has 25 heavy (non-hydrogen) atoms. The van der Waals surface area contributed by atoms with Crippen molar-refractivity contribution in [2.75, 3.05) is 0 Å². The number of aromatic nitrogens is 2. The van der Waals surface area contributed by atoms with Crippen molar-refractivity contribution < 1.29 is 18.0 Å². The number of amides is 1. The molecule has 0 atom stereocenters. The van der Waals surface area contributed by atoms with Crippen LogP contribution in [0.2, 0.25) is 0 Å². The molecule has 4 nitrogen and oxygen atoms in total. The second kappa shape index (κ2) is 5.32. The predicted octanol–water partition coefficient (Wildman–Crippen LogP) is 4.36. The highest BCUT2D eigenvalue weighted by Crippen LogP contribution is 2.34. The summed E-state index contributed by atoms with van der Waals surface area (Å²) in [5.41, 5.74) is 6.92. The van der Waals surface area contributed by atoms with Crippen molar-refractivity contribution >= 4 is 39.4 Å². The highest BCUT2D eigenvalue weighted by atomic mass is 32.1. The standard InChI is InChI=1S/C17H10F3N3OS/c18-17(19,20)10-2-4-11(5-3-10)23-14-6-1-9(15(21)24)7-12(14)13-8-25-22-16(13)23/h1-8H,(H2,21,24). The van der Waals surface area contributed by atoms with E-state index in [-0.39, 0.29) is 0 Å². The number of fused-ring (bicyclic) bond motifs is 3. The van der Waals surface area contributed by atoms with Crippen LogP contribution in [0, 0.1) is 0 Å². The SMILES string of the molecule is NC(=O)c1ccc2c(c1)c1csnc1n2-c1ccc(C(F)(F)F)cc1. The molecule has 2 N–H and O–H groups in total. The molecule has 0 saturated carbocycles. The minimum Gasteiger partial charge on any atom is -0.366 e. The fourth-order valence-electron chi connectivity index (χ4n) is 2.85. The van der Waals surface area contributed by atoms with Gasteiger partial charge in [-0.3, -0.25) is 9.36 Å². The number of nitrogens with zero attached hydrogens (tertiary/aromatic N) is 2. The summed E-state index contributed by atoms with van der Waals surface area (Å²) >= 11 is 1.24. The Hall–Kier alpha value is -2.87. The maximum atomic E-state index is 12.8. The average Bonchev–Trinajstić information content (AvgIpc) is 3.14. The number of nitrogens with two attached hydrogens (primary N) is 1. The van der Waals surface area contributed by atoms with Gasteiger partial charge in [-0.2, -0.15) is 17.5 Å². The summed E-state index contributed by atoms with van der Waals surface area (Å²) < 4.78 is 44.4. The van der Waals surface area contributed by atoms with Gasteiger partial charge in [-0.15, -0.1) is 0 Å². The number of rotatable bonds is 2. The topological polar surface area (TPSA) is 60.9 Å². The van der Waals surface area contributed by atoms with E-state index in [0.29, 0.717) is 16.9 Å². The van der Waals surface area contributed by atoms with Gasteiger partial charge in [0.2, 0.25) is 5.91 Å². The molecule has 2 aromatic carbocycles. The number of alkyl halides is 3. The number of hydrogen-bond acceptors (Lipinski definition) is 3. The van der Waals surface area contributed by atoms with E-state index < -0.39 is 17.6 Å². The molecule has 0 unspecified atom stereocenters. The van der Waals surface area contributed by atoms with Crippen molar-refractivity contribution in [3.05, 3.63) is 59.0 Å². The number of carbonyl (C=O) groups excluding carboxylic acids is 1. The number of benzene rings is 2. The zero-order valence-corrected chi connectivity index (χ0v) is 13.4. The van der Waals surface area contributed by atoms with Crippen LogP contribution in [-0.2, 0) is 6.18 Å². The molecule has 126 valence electrons. The van der Waals surface area contributed by atoms with Gasteiger partial charge in [-0.25, -0.2) is 0 Å². The minimum absolute atomic E-state index is 0.366. The van der Waals surface area contributed by atoms with Crippen molar-refractivity contribution in [2.24, 2.45) is 5.73 Å². The number of primary amides is 1. The lowest BCUT2D eigenvalue weighted by atomic mass is 10.1. The first kappa shape index (κ1) is 15.6. The lowest BCUT2D eigenvalue weighted by molar-refractivity contribution is -0.137. The number of halogens is 3. The van der Waals surface area contributed by atoms with E-state index in [1.165, 1.54) is 23.7 Å². The Kier molecular flexibility index (Phi) is 3.33. The Morgan fingerprint density at radius 1 is 1.08 bits per heavy atom. The van der Waals surface area contributed by atoms with Crippen LogP contribution in [0.15, 0.2) is 47.8 Å². The molecule has 1 amide bonds. The summed E-state index contributed by atoms with van der Waals surface area (Å²) in [5, 5.41) is 3.44. The second-order valence-corrected chi connectivity index (χ2v) is 6.16. The third kappa shape index (κ3) is 2.45. The van der Waals surface area contributed by atoms with E-state index in [1.807, 2.05) is 5.38 Å². The van der Waals surface area contributed by atoms with Crippen LogP contribution in [0.25, 0.3) is 27.6 Å². The van der Waals surface area contributed by atoms with E-state index in [1.54, 1.807) is 22.8 Å². The largest absolute Gasteiger partial charge is 0.416 e.